The molecule has 0 fully saturated rings. The van der Waals surface area contributed by atoms with E-state index in [-0.39, 0.29) is 5.91 Å². The van der Waals surface area contributed by atoms with Gasteiger partial charge in [-0.05, 0) is 49.2 Å². The van der Waals surface area contributed by atoms with E-state index in [2.05, 4.69) is 17.1 Å². The number of nitrogens with zero attached hydrogens (tertiary/aromatic N) is 2. The van der Waals surface area contributed by atoms with E-state index in [1.54, 1.807) is 0 Å². The van der Waals surface area contributed by atoms with Crippen molar-refractivity contribution in [2.45, 2.75) is 26.7 Å². The fourth-order valence-electron chi connectivity index (χ4n) is 2.97. The first-order valence-electron chi connectivity index (χ1n) is 9.33. The van der Waals surface area contributed by atoms with Gasteiger partial charge in [0, 0.05) is 29.2 Å². The summed E-state index contributed by atoms with van der Waals surface area (Å²) in [6.07, 6.45) is 2.11. The summed E-state index contributed by atoms with van der Waals surface area (Å²) in [5.41, 5.74) is 4.49. The fourth-order valence-corrected chi connectivity index (χ4v) is 3.09. The average Bonchev–Trinajstić information content (AvgIpc) is 3.19. The third-order valence-electron chi connectivity index (χ3n) is 4.61. The number of amides is 1. The molecule has 4 nitrogen and oxygen atoms in total. The van der Waals surface area contributed by atoms with Crippen LogP contribution in [0.1, 0.15) is 37.0 Å². The summed E-state index contributed by atoms with van der Waals surface area (Å²) in [5, 5.41) is 8.17. The maximum Gasteiger partial charge on any atom is 0.253 e. The maximum atomic E-state index is 12.6. The summed E-state index contributed by atoms with van der Waals surface area (Å²) in [6, 6.07) is 17.3. The summed E-state index contributed by atoms with van der Waals surface area (Å²) >= 11 is 5.94. The summed E-state index contributed by atoms with van der Waals surface area (Å²) in [5.74, 6) is 0.0846. The minimum absolute atomic E-state index is 0.0846. The molecule has 5 heteroatoms. The summed E-state index contributed by atoms with van der Waals surface area (Å²) in [6.45, 7) is 5.68. The number of halogens is 1. The van der Waals surface area contributed by atoms with Crippen molar-refractivity contribution in [2.24, 2.45) is 0 Å². The number of carbonyl (C=O) groups is 1. The van der Waals surface area contributed by atoms with Gasteiger partial charge in [0.1, 0.15) is 0 Å². The second-order valence-electron chi connectivity index (χ2n) is 6.49. The lowest BCUT2D eigenvalue weighted by Gasteiger charge is -2.20. The molecule has 0 unspecified atom stereocenters. The molecular formula is C22H24ClN3O. The van der Waals surface area contributed by atoms with Gasteiger partial charge in [0.05, 0.1) is 11.4 Å². The molecule has 0 saturated carbocycles. The number of unbranched alkanes of at least 4 members (excludes halogenated alkanes) is 1. The van der Waals surface area contributed by atoms with E-state index in [1.165, 1.54) is 0 Å². The topological polar surface area (TPSA) is 49.0 Å². The molecule has 2 aromatic carbocycles. The molecule has 1 aromatic heterocycles. The maximum absolute atomic E-state index is 12.6. The van der Waals surface area contributed by atoms with E-state index >= 15 is 0 Å². The predicted octanol–water partition coefficient (Wildman–Crippen LogP) is 5.66. The minimum atomic E-state index is 0.0846. The van der Waals surface area contributed by atoms with Crippen LogP contribution >= 0.6 is 11.6 Å². The number of carbonyl (C=O) groups excluding carboxylic acids is 1. The molecule has 0 saturated heterocycles. The normalized spacial score (nSPS) is 10.8. The van der Waals surface area contributed by atoms with E-state index in [1.807, 2.05) is 66.4 Å². The van der Waals surface area contributed by atoms with Crippen LogP contribution < -0.4 is 0 Å². The van der Waals surface area contributed by atoms with Crippen LogP contribution in [-0.2, 0) is 0 Å². The molecule has 0 aliphatic carbocycles. The van der Waals surface area contributed by atoms with Crippen LogP contribution in [0, 0.1) is 0 Å². The molecule has 0 atom stereocenters. The Morgan fingerprint density at radius 2 is 1.70 bits per heavy atom. The van der Waals surface area contributed by atoms with Gasteiger partial charge in [0.15, 0.2) is 0 Å². The SMILES string of the molecule is CCCCN(CC)C(=O)c1ccc(-c2cc(-c3ccc(Cl)cc3)[nH]n2)cc1. The van der Waals surface area contributed by atoms with E-state index in [4.69, 9.17) is 11.6 Å². The van der Waals surface area contributed by atoms with Crippen LogP contribution in [0.3, 0.4) is 0 Å². The first-order valence-corrected chi connectivity index (χ1v) is 9.71. The lowest BCUT2D eigenvalue weighted by Crippen LogP contribution is -2.31. The molecule has 1 amide bonds. The largest absolute Gasteiger partial charge is 0.339 e. The van der Waals surface area contributed by atoms with Crippen LogP contribution in [0.25, 0.3) is 22.5 Å². The van der Waals surface area contributed by atoms with Crippen molar-refractivity contribution < 1.29 is 4.79 Å². The number of rotatable bonds is 7. The van der Waals surface area contributed by atoms with Gasteiger partial charge in [-0.2, -0.15) is 5.10 Å². The highest BCUT2D eigenvalue weighted by Crippen LogP contribution is 2.25. The molecule has 0 aliphatic rings. The van der Waals surface area contributed by atoms with Crippen molar-refractivity contribution in [3.05, 3.63) is 65.2 Å². The third-order valence-corrected chi connectivity index (χ3v) is 4.86. The van der Waals surface area contributed by atoms with Gasteiger partial charge >= 0.3 is 0 Å². The summed E-state index contributed by atoms with van der Waals surface area (Å²) in [7, 11) is 0. The number of aromatic nitrogens is 2. The zero-order chi connectivity index (χ0) is 19.2. The monoisotopic (exact) mass is 381 g/mol. The smallest absolute Gasteiger partial charge is 0.253 e. The van der Waals surface area contributed by atoms with Gasteiger partial charge < -0.3 is 4.90 Å². The van der Waals surface area contributed by atoms with Crippen molar-refractivity contribution in [1.82, 2.24) is 15.1 Å². The molecular weight excluding hydrogens is 358 g/mol. The lowest BCUT2D eigenvalue weighted by atomic mass is 10.1. The molecule has 0 bridgehead atoms. The van der Waals surface area contributed by atoms with E-state index < -0.39 is 0 Å². The highest BCUT2D eigenvalue weighted by Gasteiger charge is 2.14. The zero-order valence-corrected chi connectivity index (χ0v) is 16.5. The molecule has 0 radical (unpaired) electrons. The highest BCUT2D eigenvalue weighted by atomic mass is 35.5. The van der Waals surface area contributed by atoms with Crippen LogP contribution in [0.2, 0.25) is 5.02 Å². The van der Waals surface area contributed by atoms with Gasteiger partial charge in [-0.3, -0.25) is 9.89 Å². The van der Waals surface area contributed by atoms with Crippen LogP contribution in [0.15, 0.2) is 54.6 Å². The fraction of sp³-hybridized carbons (Fsp3) is 0.273. The molecule has 1 N–H and O–H groups in total. The van der Waals surface area contributed by atoms with Crippen molar-refractivity contribution in [1.29, 1.82) is 0 Å². The predicted molar refractivity (Wildman–Crippen MR) is 111 cm³/mol. The van der Waals surface area contributed by atoms with Gasteiger partial charge in [-0.1, -0.05) is 49.2 Å². The molecule has 1 heterocycles. The number of hydrogen-bond acceptors (Lipinski definition) is 2. The van der Waals surface area contributed by atoms with Crippen LogP contribution in [0.5, 0.6) is 0 Å². The first kappa shape index (κ1) is 19.2. The molecule has 0 spiro atoms. The van der Waals surface area contributed by atoms with Crippen molar-refractivity contribution in [2.75, 3.05) is 13.1 Å². The number of hydrogen-bond donors (Lipinski definition) is 1. The second kappa shape index (κ2) is 8.87. The second-order valence-corrected chi connectivity index (χ2v) is 6.93. The number of aromatic amines is 1. The van der Waals surface area contributed by atoms with Crippen molar-refractivity contribution in [3.63, 3.8) is 0 Å². The Kier molecular flexibility index (Phi) is 6.30. The molecule has 3 aromatic rings. The minimum Gasteiger partial charge on any atom is -0.339 e. The molecule has 3 rings (SSSR count). The third kappa shape index (κ3) is 4.58. The first-order chi connectivity index (χ1) is 13.1. The Morgan fingerprint density at radius 1 is 1.04 bits per heavy atom. The van der Waals surface area contributed by atoms with Gasteiger partial charge in [-0.15, -0.1) is 0 Å². The Labute approximate surface area is 165 Å². The molecule has 0 aliphatic heterocycles. The van der Waals surface area contributed by atoms with Gasteiger partial charge in [0.2, 0.25) is 0 Å². The van der Waals surface area contributed by atoms with Gasteiger partial charge in [-0.25, -0.2) is 0 Å². The van der Waals surface area contributed by atoms with E-state index in [0.717, 1.165) is 48.4 Å². The van der Waals surface area contributed by atoms with Crippen LogP contribution in [0.4, 0.5) is 0 Å². The van der Waals surface area contributed by atoms with Gasteiger partial charge in [0.25, 0.3) is 5.91 Å². The van der Waals surface area contributed by atoms with E-state index in [9.17, 15) is 4.79 Å². The molecule has 27 heavy (non-hydrogen) atoms. The zero-order valence-electron chi connectivity index (χ0n) is 15.7. The summed E-state index contributed by atoms with van der Waals surface area (Å²) in [4.78, 5) is 14.5. The number of nitrogens with one attached hydrogen (secondary N) is 1. The summed E-state index contributed by atoms with van der Waals surface area (Å²) < 4.78 is 0. The Balaban J connectivity index is 1.75. The number of H-pyrrole nitrogens is 1. The quantitative estimate of drug-likeness (QED) is 0.574. The Morgan fingerprint density at radius 3 is 2.33 bits per heavy atom. The standard InChI is InChI=1S/C22H24ClN3O/c1-3-5-14-26(4-2)22(27)18-8-6-16(7-9-18)20-15-21(25-24-20)17-10-12-19(23)13-11-17/h6-13,15H,3-5,14H2,1-2H3,(H,24,25). The Bertz CT molecular complexity index is 885. The van der Waals surface area contributed by atoms with Crippen molar-refractivity contribution >= 4 is 17.5 Å². The van der Waals surface area contributed by atoms with Crippen LogP contribution in [-0.4, -0.2) is 34.1 Å². The van der Waals surface area contributed by atoms with E-state index in [0.29, 0.717) is 10.6 Å². The highest BCUT2D eigenvalue weighted by molar-refractivity contribution is 6.30. The van der Waals surface area contributed by atoms with Crippen molar-refractivity contribution in [3.8, 4) is 22.5 Å². The number of benzene rings is 2. The average molecular weight is 382 g/mol. The Hall–Kier alpha value is -2.59. The molecule has 140 valence electrons. The lowest BCUT2D eigenvalue weighted by molar-refractivity contribution is 0.0762.